The van der Waals surface area contributed by atoms with Crippen molar-refractivity contribution >= 4 is 11.9 Å². The molecule has 0 saturated heterocycles. The van der Waals surface area contributed by atoms with E-state index in [4.69, 9.17) is 14.6 Å². The Morgan fingerprint density at radius 2 is 1.59 bits per heavy atom. The molecule has 2 N–H and O–H groups in total. The number of rotatable bonds is 7. The van der Waals surface area contributed by atoms with Crippen molar-refractivity contribution in [3.8, 4) is 22.6 Å². The topological polar surface area (TPSA) is 93.1 Å². The maximum atomic E-state index is 14.3. The zero-order chi connectivity index (χ0) is 27.5. The molecule has 3 rings (SSSR count). The molecule has 3 aromatic carbocycles. The van der Waals surface area contributed by atoms with Crippen molar-refractivity contribution in [1.29, 1.82) is 0 Å². The van der Waals surface area contributed by atoms with Gasteiger partial charge in [0.25, 0.3) is 0 Å². The number of phenolic OH excluding ortho intramolecular Hbond substituents is 1. The summed E-state index contributed by atoms with van der Waals surface area (Å²) in [6, 6.07) is 11.7. The molecule has 196 valence electrons. The SMILES string of the molecule is CC(C)(C)OC(=O)c1c(COc2ccc(-c3cc(CC(=O)O)ccc3F)cc2)ccc(C(F)(F)F)c1O. The molecule has 0 aliphatic heterocycles. The zero-order valence-electron chi connectivity index (χ0n) is 20.1. The molecule has 0 aliphatic carbocycles. The summed E-state index contributed by atoms with van der Waals surface area (Å²) in [5.74, 6) is -3.75. The molecular formula is C27H24F4O6. The molecule has 0 unspecified atom stereocenters. The van der Waals surface area contributed by atoms with Crippen molar-refractivity contribution < 1.29 is 46.8 Å². The fourth-order valence-corrected chi connectivity index (χ4v) is 3.51. The van der Waals surface area contributed by atoms with E-state index in [2.05, 4.69) is 0 Å². The second kappa shape index (κ2) is 10.5. The Bertz CT molecular complexity index is 1310. The number of carboxylic acids is 1. The van der Waals surface area contributed by atoms with Gasteiger partial charge in [-0.2, -0.15) is 13.2 Å². The van der Waals surface area contributed by atoms with Gasteiger partial charge in [0.1, 0.15) is 35.1 Å². The molecule has 37 heavy (non-hydrogen) atoms. The summed E-state index contributed by atoms with van der Waals surface area (Å²) in [4.78, 5) is 23.6. The van der Waals surface area contributed by atoms with Crippen molar-refractivity contribution in [3.05, 3.63) is 82.7 Å². The first kappa shape index (κ1) is 27.5. The van der Waals surface area contributed by atoms with Gasteiger partial charge in [-0.1, -0.05) is 24.3 Å². The molecule has 0 amide bonds. The second-order valence-electron chi connectivity index (χ2n) is 9.19. The average Bonchev–Trinajstić information content (AvgIpc) is 2.77. The number of carboxylic acid groups (broad SMARTS) is 1. The summed E-state index contributed by atoms with van der Waals surface area (Å²) in [7, 11) is 0. The molecule has 0 bridgehead atoms. The molecule has 0 aliphatic rings. The number of aliphatic carboxylic acids is 1. The Labute approximate surface area is 210 Å². The van der Waals surface area contributed by atoms with Gasteiger partial charge in [0.15, 0.2) is 0 Å². The molecule has 3 aromatic rings. The third-order valence-corrected chi connectivity index (χ3v) is 5.12. The normalized spacial score (nSPS) is 11.8. The Hall–Kier alpha value is -4.08. The summed E-state index contributed by atoms with van der Waals surface area (Å²) in [5, 5.41) is 19.2. The number of carbonyl (C=O) groups excluding carboxylic acids is 1. The van der Waals surface area contributed by atoms with E-state index < -0.39 is 46.4 Å². The highest BCUT2D eigenvalue weighted by molar-refractivity contribution is 5.95. The Morgan fingerprint density at radius 1 is 0.946 bits per heavy atom. The van der Waals surface area contributed by atoms with Crippen LogP contribution in [0.3, 0.4) is 0 Å². The Morgan fingerprint density at radius 3 is 2.16 bits per heavy atom. The van der Waals surface area contributed by atoms with Crippen LogP contribution in [0.4, 0.5) is 17.6 Å². The number of hydrogen-bond donors (Lipinski definition) is 2. The lowest BCUT2D eigenvalue weighted by Gasteiger charge is -2.22. The van der Waals surface area contributed by atoms with Gasteiger partial charge in [-0.05, 0) is 62.2 Å². The van der Waals surface area contributed by atoms with Crippen LogP contribution in [-0.4, -0.2) is 27.8 Å². The molecule has 10 heteroatoms. The van der Waals surface area contributed by atoms with E-state index in [1.807, 2.05) is 0 Å². The largest absolute Gasteiger partial charge is 0.506 e. The predicted octanol–water partition coefficient (Wildman–Crippen LogP) is 6.38. The number of phenols is 1. The van der Waals surface area contributed by atoms with Crippen LogP contribution in [0.5, 0.6) is 11.5 Å². The number of ether oxygens (including phenoxy) is 2. The summed E-state index contributed by atoms with van der Waals surface area (Å²) in [6.07, 6.45) is -5.17. The second-order valence-corrected chi connectivity index (χ2v) is 9.19. The molecular weight excluding hydrogens is 496 g/mol. The van der Waals surface area contributed by atoms with E-state index >= 15 is 0 Å². The lowest BCUT2D eigenvalue weighted by Crippen LogP contribution is -2.25. The fourth-order valence-electron chi connectivity index (χ4n) is 3.51. The molecule has 0 atom stereocenters. The fraction of sp³-hybridized carbons (Fsp3) is 0.259. The number of hydrogen-bond acceptors (Lipinski definition) is 5. The maximum Gasteiger partial charge on any atom is 0.419 e. The third-order valence-electron chi connectivity index (χ3n) is 5.12. The van der Waals surface area contributed by atoms with E-state index in [-0.39, 0.29) is 29.9 Å². The van der Waals surface area contributed by atoms with E-state index in [1.165, 1.54) is 63.2 Å². The van der Waals surface area contributed by atoms with Gasteiger partial charge >= 0.3 is 18.1 Å². The Kier molecular flexibility index (Phi) is 7.80. The molecule has 0 radical (unpaired) electrons. The van der Waals surface area contributed by atoms with Gasteiger partial charge in [0.2, 0.25) is 0 Å². The number of carbonyl (C=O) groups is 2. The smallest absolute Gasteiger partial charge is 0.419 e. The molecule has 0 saturated carbocycles. The number of benzene rings is 3. The van der Waals surface area contributed by atoms with Gasteiger partial charge in [-0.15, -0.1) is 0 Å². The highest BCUT2D eigenvalue weighted by Crippen LogP contribution is 2.39. The van der Waals surface area contributed by atoms with Crippen LogP contribution in [0, 0.1) is 5.82 Å². The third kappa shape index (κ3) is 6.99. The average molecular weight is 520 g/mol. The zero-order valence-corrected chi connectivity index (χ0v) is 20.1. The van der Waals surface area contributed by atoms with Crippen LogP contribution in [0.25, 0.3) is 11.1 Å². The number of halogens is 4. The van der Waals surface area contributed by atoms with E-state index in [0.717, 1.165) is 6.07 Å². The standard InChI is InChI=1S/C27H24F4O6/c1-26(2,3)37-25(35)23-17(7-10-20(24(23)34)27(29,30)31)14-36-18-8-5-16(6-9-18)19-12-15(13-22(32)33)4-11-21(19)28/h4-12,34H,13-14H2,1-3H3,(H,32,33). The van der Waals surface area contributed by atoms with Gasteiger partial charge < -0.3 is 19.7 Å². The quantitative estimate of drug-likeness (QED) is 0.278. The van der Waals surface area contributed by atoms with Crippen LogP contribution >= 0.6 is 0 Å². The monoisotopic (exact) mass is 520 g/mol. The summed E-state index contributed by atoms with van der Waals surface area (Å²) in [6.45, 7) is 4.23. The van der Waals surface area contributed by atoms with Gasteiger partial charge in [0, 0.05) is 11.1 Å². The van der Waals surface area contributed by atoms with Crippen LogP contribution in [0.15, 0.2) is 54.6 Å². The molecule has 0 fully saturated rings. The maximum absolute atomic E-state index is 14.3. The van der Waals surface area contributed by atoms with E-state index in [0.29, 0.717) is 17.2 Å². The van der Waals surface area contributed by atoms with E-state index in [9.17, 15) is 32.3 Å². The molecule has 0 spiro atoms. The minimum atomic E-state index is -4.90. The summed E-state index contributed by atoms with van der Waals surface area (Å²) in [5.41, 5.74) is -2.05. The van der Waals surface area contributed by atoms with E-state index in [1.54, 1.807) is 0 Å². The first-order valence-electron chi connectivity index (χ1n) is 11.0. The number of esters is 1. The highest BCUT2D eigenvalue weighted by Gasteiger charge is 2.37. The van der Waals surface area contributed by atoms with Crippen molar-refractivity contribution in [2.75, 3.05) is 0 Å². The van der Waals surface area contributed by atoms with Gasteiger partial charge in [-0.3, -0.25) is 4.79 Å². The highest BCUT2D eigenvalue weighted by atomic mass is 19.4. The summed E-state index contributed by atoms with van der Waals surface area (Å²) >= 11 is 0. The first-order valence-corrected chi connectivity index (χ1v) is 11.0. The van der Waals surface area contributed by atoms with Crippen molar-refractivity contribution in [2.24, 2.45) is 0 Å². The van der Waals surface area contributed by atoms with Crippen LogP contribution in [0.2, 0.25) is 0 Å². The van der Waals surface area contributed by atoms with Crippen LogP contribution in [0.1, 0.15) is 47.8 Å². The molecule has 0 aromatic heterocycles. The number of alkyl halides is 3. The lowest BCUT2D eigenvalue weighted by molar-refractivity contribution is -0.139. The predicted molar refractivity (Wildman–Crippen MR) is 126 cm³/mol. The van der Waals surface area contributed by atoms with Crippen molar-refractivity contribution in [2.45, 2.75) is 45.6 Å². The molecule has 6 nitrogen and oxygen atoms in total. The lowest BCUT2D eigenvalue weighted by atomic mass is 10.0. The minimum absolute atomic E-state index is 0.0313. The first-order chi connectivity index (χ1) is 17.2. The molecule has 0 heterocycles. The summed E-state index contributed by atoms with van der Waals surface area (Å²) < 4.78 is 65.0. The van der Waals surface area contributed by atoms with Crippen molar-refractivity contribution in [1.82, 2.24) is 0 Å². The number of aromatic hydroxyl groups is 1. The van der Waals surface area contributed by atoms with Crippen LogP contribution in [-0.2, 0) is 28.7 Å². The van der Waals surface area contributed by atoms with Gasteiger partial charge in [-0.25, -0.2) is 9.18 Å². The van der Waals surface area contributed by atoms with Crippen LogP contribution < -0.4 is 4.74 Å². The minimum Gasteiger partial charge on any atom is -0.506 e. The van der Waals surface area contributed by atoms with Gasteiger partial charge in [0.05, 0.1) is 12.0 Å². The van der Waals surface area contributed by atoms with Crippen molar-refractivity contribution in [3.63, 3.8) is 0 Å². The Balaban J connectivity index is 1.86.